The van der Waals surface area contributed by atoms with E-state index in [4.69, 9.17) is 4.42 Å². The Bertz CT molecular complexity index is 379. The minimum atomic E-state index is -1.15. The molecule has 1 aromatic rings. The van der Waals surface area contributed by atoms with Gasteiger partial charge in [-0.15, -0.1) is 0 Å². The van der Waals surface area contributed by atoms with Crippen LogP contribution in [0, 0.1) is 10.1 Å². The van der Waals surface area contributed by atoms with E-state index in [1.54, 1.807) is 25.3 Å². The first kappa shape index (κ1) is 14.7. The summed E-state index contributed by atoms with van der Waals surface area (Å²) < 4.78 is 5.26. The lowest BCUT2D eigenvalue weighted by Gasteiger charge is -2.39. The van der Waals surface area contributed by atoms with Crippen LogP contribution >= 0.6 is 0 Å². The lowest BCUT2D eigenvalue weighted by molar-refractivity contribution is -0.601. The zero-order chi connectivity index (χ0) is 13.9. The molecule has 102 valence electrons. The van der Waals surface area contributed by atoms with E-state index in [-0.39, 0.29) is 23.4 Å². The molecule has 0 aliphatic rings. The van der Waals surface area contributed by atoms with Gasteiger partial charge in [0.25, 0.3) is 5.66 Å². The lowest BCUT2D eigenvalue weighted by atomic mass is 10.0. The highest BCUT2D eigenvalue weighted by molar-refractivity contribution is 5.02. The molecule has 1 heterocycles. The molecule has 0 saturated carbocycles. The van der Waals surface area contributed by atoms with Crippen LogP contribution in [0.2, 0.25) is 0 Å². The molecule has 18 heavy (non-hydrogen) atoms. The number of rotatable bonds is 6. The van der Waals surface area contributed by atoms with Crippen molar-refractivity contribution in [3.8, 4) is 0 Å². The van der Waals surface area contributed by atoms with Crippen LogP contribution in [0.4, 0.5) is 0 Å². The summed E-state index contributed by atoms with van der Waals surface area (Å²) >= 11 is 0. The van der Waals surface area contributed by atoms with Crippen LogP contribution in [0.5, 0.6) is 0 Å². The molecule has 0 amide bonds. The molecule has 5 heteroatoms. The van der Waals surface area contributed by atoms with Crippen molar-refractivity contribution in [2.45, 2.75) is 58.8 Å². The van der Waals surface area contributed by atoms with Crippen LogP contribution < -0.4 is 0 Å². The van der Waals surface area contributed by atoms with Gasteiger partial charge in [-0.25, -0.2) is 4.90 Å². The highest BCUT2D eigenvalue weighted by Gasteiger charge is 2.47. The first-order chi connectivity index (χ1) is 8.29. The Kier molecular flexibility index (Phi) is 4.51. The Labute approximate surface area is 108 Å². The summed E-state index contributed by atoms with van der Waals surface area (Å²) in [4.78, 5) is 13.2. The molecule has 0 bridgehead atoms. The summed E-state index contributed by atoms with van der Waals surface area (Å²) in [6.07, 6.45) is 1.81. The van der Waals surface area contributed by atoms with Crippen LogP contribution in [0.15, 0.2) is 22.8 Å². The van der Waals surface area contributed by atoms with Gasteiger partial charge in [-0.2, -0.15) is 0 Å². The van der Waals surface area contributed by atoms with Crippen molar-refractivity contribution in [3.05, 3.63) is 34.3 Å². The molecule has 0 aromatic carbocycles. The van der Waals surface area contributed by atoms with E-state index in [9.17, 15) is 10.1 Å². The molecule has 1 atom stereocenters. The summed E-state index contributed by atoms with van der Waals surface area (Å²) in [5.41, 5.74) is -1.15. The molecular weight excluding hydrogens is 232 g/mol. The molecule has 0 N–H and O–H groups in total. The highest BCUT2D eigenvalue weighted by atomic mass is 16.6. The Morgan fingerprint density at radius 3 is 2.28 bits per heavy atom. The van der Waals surface area contributed by atoms with Crippen LogP contribution in [0.25, 0.3) is 0 Å². The number of furan rings is 1. The van der Waals surface area contributed by atoms with Crippen molar-refractivity contribution in [2.24, 2.45) is 0 Å². The van der Waals surface area contributed by atoms with Crippen molar-refractivity contribution >= 4 is 0 Å². The van der Waals surface area contributed by atoms with Crippen molar-refractivity contribution in [2.75, 3.05) is 0 Å². The minimum absolute atomic E-state index is 0.0929. The molecule has 0 spiro atoms. The van der Waals surface area contributed by atoms with E-state index in [1.807, 2.05) is 32.6 Å². The first-order valence-corrected chi connectivity index (χ1v) is 6.24. The first-order valence-electron chi connectivity index (χ1n) is 6.24. The Hall–Kier alpha value is -1.36. The van der Waals surface area contributed by atoms with Gasteiger partial charge in [0.2, 0.25) is 0 Å². The second kappa shape index (κ2) is 5.52. The third-order valence-electron chi connectivity index (χ3n) is 3.15. The topological polar surface area (TPSA) is 59.5 Å². The third kappa shape index (κ3) is 2.90. The molecule has 0 fully saturated rings. The normalized spacial score (nSPS) is 15.3. The van der Waals surface area contributed by atoms with Crippen molar-refractivity contribution in [1.29, 1.82) is 0 Å². The Morgan fingerprint density at radius 2 is 1.94 bits per heavy atom. The summed E-state index contributed by atoms with van der Waals surface area (Å²) in [5, 5.41) is 11.5. The minimum Gasteiger partial charge on any atom is -0.469 e. The predicted molar refractivity (Wildman–Crippen MR) is 69.9 cm³/mol. The largest absolute Gasteiger partial charge is 0.469 e. The fraction of sp³-hybridized carbons (Fsp3) is 0.692. The van der Waals surface area contributed by atoms with Crippen LogP contribution in [0.3, 0.4) is 0 Å². The van der Waals surface area contributed by atoms with Gasteiger partial charge >= 0.3 is 0 Å². The fourth-order valence-corrected chi connectivity index (χ4v) is 2.70. The number of nitro groups is 1. The number of hydrogen-bond donors (Lipinski definition) is 0. The average Bonchev–Trinajstić information content (AvgIpc) is 2.68. The Morgan fingerprint density at radius 1 is 1.39 bits per heavy atom. The maximum absolute atomic E-state index is 11.5. The van der Waals surface area contributed by atoms with Crippen molar-refractivity contribution in [1.82, 2.24) is 4.90 Å². The van der Waals surface area contributed by atoms with Gasteiger partial charge in [0.05, 0.1) is 12.7 Å². The quantitative estimate of drug-likeness (QED) is 0.445. The van der Waals surface area contributed by atoms with Gasteiger partial charge < -0.3 is 4.42 Å². The van der Waals surface area contributed by atoms with Gasteiger partial charge in [-0.1, -0.05) is 0 Å². The molecule has 0 aliphatic heterocycles. The van der Waals surface area contributed by atoms with Gasteiger partial charge in [0.1, 0.15) is 5.76 Å². The lowest BCUT2D eigenvalue weighted by Crippen LogP contribution is -2.59. The molecule has 5 nitrogen and oxygen atoms in total. The Balaban J connectivity index is 3.08. The summed E-state index contributed by atoms with van der Waals surface area (Å²) in [7, 11) is 0. The second-order valence-corrected chi connectivity index (χ2v) is 5.33. The van der Waals surface area contributed by atoms with Crippen LogP contribution in [-0.4, -0.2) is 27.6 Å². The number of nitrogens with zero attached hydrogens (tertiary/aromatic N) is 2. The fourth-order valence-electron chi connectivity index (χ4n) is 2.70. The van der Waals surface area contributed by atoms with E-state index in [0.29, 0.717) is 5.76 Å². The van der Waals surface area contributed by atoms with Gasteiger partial charge in [0, 0.05) is 23.9 Å². The SMILES string of the molecule is CC(C)N(C(C)C)C(C)(Cc1ccco1)[N+](=O)[O-]. The zero-order valence-corrected chi connectivity index (χ0v) is 11.7. The standard InChI is InChI=1S/C13H22N2O3/c1-10(2)14(11(3)4)13(5,15(16)17)9-12-7-6-8-18-12/h6-8,10-11H,9H2,1-5H3. The summed E-state index contributed by atoms with van der Waals surface area (Å²) in [5.74, 6) is 0.639. The average molecular weight is 254 g/mol. The van der Waals surface area contributed by atoms with Crippen LogP contribution in [0.1, 0.15) is 40.4 Å². The molecule has 0 radical (unpaired) electrons. The smallest absolute Gasteiger partial charge is 0.282 e. The van der Waals surface area contributed by atoms with E-state index in [2.05, 4.69) is 0 Å². The molecule has 1 aromatic heterocycles. The predicted octanol–water partition coefficient (Wildman–Crippen LogP) is 2.93. The molecule has 0 saturated heterocycles. The molecule has 0 aliphatic carbocycles. The summed E-state index contributed by atoms with van der Waals surface area (Å²) in [6.45, 7) is 9.57. The van der Waals surface area contributed by atoms with E-state index in [1.165, 1.54) is 0 Å². The molecular formula is C13H22N2O3. The third-order valence-corrected chi connectivity index (χ3v) is 3.15. The second-order valence-electron chi connectivity index (χ2n) is 5.33. The molecule has 1 rings (SSSR count). The highest BCUT2D eigenvalue weighted by Crippen LogP contribution is 2.26. The monoisotopic (exact) mass is 254 g/mol. The maximum Gasteiger partial charge on any atom is 0.282 e. The van der Waals surface area contributed by atoms with Crippen molar-refractivity contribution < 1.29 is 9.34 Å². The van der Waals surface area contributed by atoms with Gasteiger partial charge in [-0.3, -0.25) is 10.1 Å². The van der Waals surface area contributed by atoms with Crippen molar-refractivity contribution in [3.63, 3.8) is 0 Å². The van der Waals surface area contributed by atoms with E-state index in [0.717, 1.165) is 0 Å². The van der Waals surface area contributed by atoms with Gasteiger partial charge in [-0.05, 0) is 39.8 Å². The summed E-state index contributed by atoms with van der Waals surface area (Å²) in [6, 6.07) is 3.72. The zero-order valence-electron chi connectivity index (χ0n) is 11.7. The van der Waals surface area contributed by atoms with Gasteiger partial charge in [0.15, 0.2) is 0 Å². The maximum atomic E-state index is 11.5. The van der Waals surface area contributed by atoms with Crippen LogP contribution in [-0.2, 0) is 6.42 Å². The van der Waals surface area contributed by atoms with E-state index >= 15 is 0 Å². The number of hydrogen-bond acceptors (Lipinski definition) is 4. The molecule has 1 unspecified atom stereocenters. The van der Waals surface area contributed by atoms with E-state index < -0.39 is 5.66 Å².